The molecule has 1 aromatic heterocycles. The Balaban J connectivity index is 1.67. The summed E-state index contributed by atoms with van der Waals surface area (Å²) < 4.78 is 11.1. The summed E-state index contributed by atoms with van der Waals surface area (Å²) in [5, 5.41) is 3.03. The van der Waals surface area contributed by atoms with Crippen molar-refractivity contribution in [2.75, 3.05) is 11.5 Å². The molecule has 4 rings (SSSR count). The maximum absolute atomic E-state index is 13.0. The van der Waals surface area contributed by atoms with Crippen LogP contribution in [-0.4, -0.2) is 35.6 Å². The van der Waals surface area contributed by atoms with Crippen LogP contribution in [0.1, 0.15) is 37.8 Å². The Morgan fingerprint density at radius 2 is 2.00 bits per heavy atom. The van der Waals surface area contributed by atoms with E-state index in [0.29, 0.717) is 17.9 Å². The third-order valence-electron chi connectivity index (χ3n) is 5.41. The number of rotatable bonds is 7. The van der Waals surface area contributed by atoms with Gasteiger partial charge in [0.15, 0.2) is 6.10 Å². The van der Waals surface area contributed by atoms with Gasteiger partial charge in [-0.1, -0.05) is 37.3 Å². The fourth-order valence-corrected chi connectivity index (χ4v) is 4.67. The first-order chi connectivity index (χ1) is 15.5. The molecule has 0 spiro atoms. The van der Waals surface area contributed by atoms with Gasteiger partial charge in [-0.3, -0.25) is 9.69 Å². The Hall–Kier alpha value is -3.19. The molecule has 2 unspecified atom stereocenters. The Bertz CT molecular complexity index is 1110. The van der Waals surface area contributed by atoms with E-state index < -0.39 is 18.1 Å². The lowest BCUT2D eigenvalue weighted by Crippen LogP contribution is -2.52. The third kappa shape index (κ3) is 4.39. The summed E-state index contributed by atoms with van der Waals surface area (Å²) in [5.74, 6) is -0.0893. The van der Waals surface area contributed by atoms with Crippen LogP contribution in [0.3, 0.4) is 0 Å². The number of esters is 1. The molecule has 32 heavy (non-hydrogen) atoms. The van der Waals surface area contributed by atoms with E-state index in [-0.39, 0.29) is 12.5 Å². The third-order valence-corrected chi connectivity index (χ3v) is 6.26. The normalized spacial score (nSPS) is 16.3. The zero-order chi connectivity index (χ0) is 22.7. The lowest BCUT2D eigenvalue weighted by atomic mass is 10.0. The van der Waals surface area contributed by atoms with Crippen LogP contribution in [0.15, 0.2) is 53.9 Å². The minimum Gasteiger partial charge on any atom is -0.479 e. The van der Waals surface area contributed by atoms with Gasteiger partial charge in [-0.15, -0.1) is 11.3 Å². The molecule has 0 radical (unpaired) electrons. The Morgan fingerprint density at radius 1 is 1.22 bits per heavy atom. The van der Waals surface area contributed by atoms with Crippen molar-refractivity contribution in [3.63, 3.8) is 0 Å². The zero-order valence-electron chi connectivity index (χ0n) is 18.4. The van der Waals surface area contributed by atoms with Crippen LogP contribution >= 0.6 is 11.3 Å². The summed E-state index contributed by atoms with van der Waals surface area (Å²) in [5.41, 5.74) is 3.48. The highest BCUT2D eigenvalue weighted by molar-refractivity contribution is 7.10. The number of aromatic nitrogens is 1. The summed E-state index contributed by atoms with van der Waals surface area (Å²) in [4.78, 5) is 32.0. The van der Waals surface area contributed by atoms with Gasteiger partial charge in [-0.05, 0) is 44.0 Å². The second kappa shape index (κ2) is 9.53. The molecule has 3 aromatic rings. The van der Waals surface area contributed by atoms with Gasteiger partial charge < -0.3 is 9.47 Å². The molecule has 2 atom stereocenters. The van der Waals surface area contributed by atoms with Crippen molar-refractivity contribution in [3.8, 4) is 17.0 Å². The van der Waals surface area contributed by atoms with Crippen LogP contribution in [0.2, 0.25) is 0 Å². The average molecular weight is 451 g/mol. The Kier molecular flexibility index (Phi) is 6.55. The number of hydrogen-bond donors (Lipinski definition) is 0. The van der Waals surface area contributed by atoms with E-state index in [1.54, 1.807) is 25.2 Å². The molecule has 0 bridgehead atoms. The van der Waals surface area contributed by atoms with Gasteiger partial charge in [0, 0.05) is 17.4 Å². The quantitative estimate of drug-likeness (QED) is 0.481. The van der Waals surface area contributed by atoms with Crippen LogP contribution in [0.25, 0.3) is 11.3 Å². The monoisotopic (exact) mass is 450 g/mol. The van der Waals surface area contributed by atoms with Crippen molar-refractivity contribution in [1.82, 2.24) is 4.98 Å². The average Bonchev–Trinajstić information content (AvgIpc) is 3.26. The number of anilines is 1. The molecule has 1 amide bonds. The number of benzene rings is 2. The highest BCUT2D eigenvalue weighted by Crippen LogP contribution is 2.39. The highest BCUT2D eigenvalue weighted by atomic mass is 32.1. The van der Waals surface area contributed by atoms with Crippen molar-refractivity contribution < 1.29 is 19.1 Å². The van der Waals surface area contributed by atoms with Crippen molar-refractivity contribution in [2.45, 2.75) is 45.8 Å². The molecule has 6 nitrogen and oxygen atoms in total. The van der Waals surface area contributed by atoms with Gasteiger partial charge in [0.1, 0.15) is 11.8 Å². The number of fused-ring (bicyclic) bond motifs is 1. The summed E-state index contributed by atoms with van der Waals surface area (Å²) in [7, 11) is 0. The van der Waals surface area contributed by atoms with E-state index in [1.807, 2.05) is 48.7 Å². The largest absolute Gasteiger partial charge is 0.479 e. The number of ether oxygens (including phenoxy) is 2. The van der Waals surface area contributed by atoms with Gasteiger partial charge >= 0.3 is 5.97 Å². The zero-order valence-corrected chi connectivity index (χ0v) is 19.2. The van der Waals surface area contributed by atoms with E-state index in [9.17, 15) is 9.59 Å². The Labute approximate surface area is 191 Å². The predicted octanol–water partition coefficient (Wildman–Crippen LogP) is 4.86. The molecule has 0 N–H and O–H groups in total. The lowest BCUT2D eigenvalue weighted by Gasteiger charge is -2.37. The van der Waals surface area contributed by atoms with E-state index in [0.717, 1.165) is 22.7 Å². The molecule has 2 aromatic carbocycles. The maximum Gasteiger partial charge on any atom is 0.329 e. The minimum absolute atomic E-state index is 0.252. The number of carbonyl (C=O) groups excluding carboxylic acids is 2. The smallest absolute Gasteiger partial charge is 0.329 e. The summed E-state index contributed by atoms with van der Waals surface area (Å²) >= 11 is 1.60. The van der Waals surface area contributed by atoms with E-state index in [2.05, 4.69) is 12.1 Å². The first-order valence-electron chi connectivity index (χ1n) is 10.8. The molecular formula is C25H26N2O4S. The number of nitrogens with zero attached hydrogens (tertiary/aromatic N) is 2. The summed E-state index contributed by atoms with van der Waals surface area (Å²) in [6.07, 6.45) is 0.537. The topological polar surface area (TPSA) is 68.7 Å². The van der Waals surface area contributed by atoms with Crippen molar-refractivity contribution in [2.24, 2.45) is 0 Å². The summed E-state index contributed by atoms with van der Waals surface area (Å²) in [6, 6.07) is 15.2. The first-order valence-corrected chi connectivity index (χ1v) is 11.7. The predicted molar refractivity (Wildman–Crippen MR) is 125 cm³/mol. The first kappa shape index (κ1) is 22.0. The molecule has 0 saturated heterocycles. The molecule has 0 aliphatic carbocycles. The van der Waals surface area contributed by atoms with Gasteiger partial charge in [0.25, 0.3) is 5.91 Å². The molecule has 1 aliphatic rings. The fraction of sp³-hybridized carbons (Fsp3) is 0.320. The number of hydrogen-bond acceptors (Lipinski definition) is 6. The van der Waals surface area contributed by atoms with Crippen molar-refractivity contribution in [1.29, 1.82) is 0 Å². The molecule has 2 heterocycles. The standard InChI is InChI=1S/C25H26N2O4S/c1-4-20(25(29)30-5-2)27-21-14-18(11-12-22(21)31-16(3)24(27)28)19-15-32-23(26-19)13-17-9-7-6-8-10-17/h6-12,14-16,20H,4-5,13H2,1-3H3. The summed E-state index contributed by atoms with van der Waals surface area (Å²) in [6.45, 7) is 5.59. The van der Waals surface area contributed by atoms with Crippen LogP contribution < -0.4 is 9.64 Å². The van der Waals surface area contributed by atoms with Crippen LogP contribution in [0.4, 0.5) is 5.69 Å². The molecular weight excluding hydrogens is 424 g/mol. The van der Waals surface area contributed by atoms with E-state index in [4.69, 9.17) is 14.5 Å². The molecule has 7 heteroatoms. The molecule has 166 valence electrons. The van der Waals surface area contributed by atoms with Crippen LogP contribution in [0.5, 0.6) is 5.75 Å². The van der Waals surface area contributed by atoms with E-state index >= 15 is 0 Å². The number of carbonyl (C=O) groups is 2. The molecule has 1 aliphatic heterocycles. The fourth-order valence-electron chi connectivity index (χ4n) is 3.83. The van der Waals surface area contributed by atoms with Gasteiger partial charge in [-0.25, -0.2) is 9.78 Å². The second-order valence-corrected chi connectivity index (χ2v) is 8.56. The number of thiazole rings is 1. The molecule has 0 fully saturated rings. The highest BCUT2D eigenvalue weighted by Gasteiger charge is 2.39. The van der Waals surface area contributed by atoms with Crippen molar-refractivity contribution >= 4 is 28.9 Å². The Morgan fingerprint density at radius 3 is 2.72 bits per heavy atom. The van der Waals surface area contributed by atoms with Crippen LogP contribution in [-0.2, 0) is 20.7 Å². The molecule has 0 saturated carbocycles. The van der Waals surface area contributed by atoms with Crippen molar-refractivity contribution in [3.05, 3.63) is 64.5 Å². The lowest BCUT2D eigenvalue weighted by molar-refractivity contribution is -0.146. The van der Waals surface area contributed by atoms with Gasteiger partial charge in [-0.2, -0.15) is 0 Å². The minimum atomic E-state index is -0.702. The van der Waals surface area contributed by atoms with E-state index in [1.165, 1.54) is 10.5 Å². The second-order valence-electron chi connectivity index (χ2n) is 7.62. The van der Waals surface area contributed by atoms with Gasteiger partial charge in [0.05, 0.1) is 23.0 Å². The van der Waals surface area contributed by atoms with Gasteiger partial charge in [0.2, 0.25) is 0 Å². The number of amides is 1. The van der Waals surface area contributed by atoms with Crippen LogP contribution in [0, 0.1) is 0 Å². The SMILES string of the molecule is CCOC(=O)C(CC)N1C(=O)C(C)Oc2ccc(-c3csc(Cc4ccccc4)n3)cc21. The maximum atomic E-state index is 13.0.